The summed E-state index contributed by atoms with van der Waals surface area (Å²) < 4.78 is 38.9. The third kappa shape index (κ3) is 5.71. The predicted octanol–water partition coefficient (Wildman–Crippen LogP) is 6.68. The molecule has 1 fully saturated rings. The summed E-state index contributed by atoms with van der Waals surface area (Å²) in [6.45, 7) is 6.67. The van der Waals surface area contributed by atoms with Gasteiger partial charge in [0.15, 0.2) is 5.82 Å². The molecular weight excluding hydrogens is 495 g/mol. The van der Waals surface area contributed by atoms with Gasteiger partial charge in [-0.1, -0.05) is 18.2 Å². The Bertz CT molecular complexity index is 1420. The lowest BCUT2D eigenvalue weighted by atomic mass is 9.97. The molecule has 5 nitrogen and oxygen atoms in total. The SMILES string of the molecule is C/C=C/c1nc(NC2CCN(Cc3ccc4c(c3C)C=C(C#N)C4)CC2)c2cc(CC(F)(F)F)sc2n1. The number of alkyl halides is 3. The number of allylic oxidation sites excluding steroid dienone is 2. The van der Waals surface area contributed by atoms with Crippen molar-refractivity contribution in [1.29, 1.82) is 5.26 Å². The molecule has 0 unspecified atom stereocenters. The first-order valence-electron chi connectivity index (χ1n) is 12.4. The van der Waals surface area contributed by atoms with Gasteiger partial charge < -0.3 is 5.32 Å². The van der Waals surface area contributed by atoms with Gasteiger partial charge in [-0.25, -0.2) is 9.97 Å². The molecule has 3 heterocycles. The van der Waals surface area contributed by atoms with E-state index in [1.54, 1.807) is 12.1 Å². The predicted molar refractivity (Wildman–Crippen MR) is 142 cm³/mol. The Labute approximate surface area is 218 Å². The van der Waals surface area contributed by atoms with Crippen molar-refractivity contribution >= 4 is 39.5 Å². The Hall–Kier alpha value is -3.22. The summed E-state index contributed by atoms with van der Waals surface area (Å²) in [5, 5.41) is 13.4. The molecule has 1 N–H and O–H groups in total. The van der Waals surface area contributed by atoms with Crippen molar-refractivity contribution in [3.8, 4) is 6.07 Å². The number of nitriles is 1. The first-order valence-corrected chi connectivity index (χ1v) is 13.2. The van der Waals surface area contributed by atoms with Gasteiger partial charge in [0.05, 0.1) is 17.9 Å². The summed E-state index contributed by atoms with van der Waals surface area (Å²) >= 11 is 1.08. The van der Waals surface area contributed by atoms with Gasteiger partial charge in [-0.3, -0.25) is 4.90 Å². The molecule has 3 aromatic rings. The third-order valence-corrected chi connectivity index (χ3v) is 8.06. The zero-order valence-electron chi connectivity index (χ0n) is 20.8. The maximum absolute atomic E-state index is 13.0. The van der Waals surface area contributed by atoms with Crippen LogP contribution < -0.4 is 5.32 Å². The van der Waals surface area contributed by atoms with E-state index in [9.17, 15) is 18.4 Å². The molecule has 0 spiro atoms. The molecular formula is C28H28F3N5S. The highest BCUT2D eigenvalue weighted by Crippen LogP contribution is 2.34. The van der Waals surface area contributed by atoms with Gasteiger partial charge in [0.2, 0.25) is 0 Å². The van der Waals surface area contributed by atoms with Crippen LogP contribution in [0.1, 0.15) is 52.7 Å². The molecule has 0 atom stereocenters. The van der Waals surface area contributed by atoms with Crippen LogP contribution in [0.2, 0.25) is 0 Å². The van der Waals surface area contributed by atoms with Crippen LogP contribution in [0.15, 0.2) is 29.8 Å². The lowest BCUT2D eigenvalue weighted by Crippen LogP contribution is -2.39. The fourth-order valence-corrected chi connectivity index (χ4v) is 6.20. The fourth-order valence-electron chi connectivity index (χ4n) is 5.13. The van der Waals surface area contributed by atoms with Gasteiger partial charge in [-0.15, -0.1) is 11.3 Å². The average Bonchev–Trinajstić information content (AvgIpc) is 3.45. The molecule has 1 aliphatic heterocycles. The number of nitrogens with one attached hydrogen (secondary N) is 1. The molecule has 5 rings (SSSR count). The van der Waals surface area contributed by atoms with Gasteiger partial charge in [0.25, 0.3) is 0 Å². The van der Waals surface area contributed by atoms with Crippen LogP contribution in [-0.2, 0) is 19.4 Å². The van der Waals surface area contributed by atoms with Crippen molar-refractivity contribution in [2.75, 3.05) is 18.4 Å². The second-order valence-electron chi connectivity index (χ2n) is 9.73. The highest BCUT2D eigenvalue weighted by atomic mass is 32.1. The Morgan fingerprint density at radius 2 is 2.03 bits per heavy atom. The minimum atomic E-state index is -4.26. The summed E-state index contributed by atoms with van der Waals surface area (Å²) in [6, 6.07) is 8.36. The highest BCUT2D eigenvalue weighted by Gasteiger charge is 2.29. The number of anilines is 1. The summed E-state index contributed by atoms with van der Waals surface area (Å²) in [5.74, 6) is 1.10. The second kappa shape index (κ2) is 10.3. The van der Waals surface area contributed by atoms with Crippen LogP contribution in [0, 0.1) is 18.3 Å². The van der Waals surface area contributed by atoms with E-state index in [0.717, 1.165) is 55.8 Å². The highest BCUT2D eigenvalue weighted by molar-refractivity contribution is 7.18. The van der Waals surface area contributed by atoms with Crippen LogP contribution >= 0.6 is 11.3 Å². The summed E-state index contributed by atoms with van der Waals surface area (Å²) in [6.07, 6.45) is 2.93. The third-order valence-electron chi connectivity index (χ3n) is 7.03. The number of rotatable bonds is 6. The number of benzene rings is 1. The van der Waals surface area contributed by atoms with E-state index in [4.69, 9.17) is 0 Å². The number of piperidine rings is 1. The van der Waals surface area contributed by atoms with E-state index in [2.05, 4.69) is 45.3 Å². The van der Waals surface area contributed by atoms with Crippen LogP contribution in [0.3, 0.4) is 0 Å². The van der Waals surface area contributed by atoms with Crippen LogP contribution in [0.25, 0.3) is 22.4 Å². The van der Waals surface area contributed by atoms with Crippen LogP contribution in [0.4, 0.5) is 19.0 Å². The molecule has 1 aliphatic carbocycles. The lowest BCUT2D eigenvalue weighted by molar-refractivity contribution is -0.126. The normalized spacial score (nSPS) is 16.8. The molecule has 9 heteroatoms. The van der Waals surface area contributed by atoms with Gasteiger partial charge in [0.1, 0.15) is 10.6 Å². The van der Waals surface area contributed by atoms with Crippen molar-refractivity contribution in [1.82, 2.24) is 14.9 Å². The zero-order valence-corrected chi connectivity index (χ0v) is 21.6. The maximum Gasteiger partial charge on any atom is 0.393 e. The number of aromatic nitrogens is 2. The van der Waals surface area contributed by atoms with Crippen molar-refractivity contribution in [3.05, 3.63) is 62.8 Å². The van der Waals surface area contributed by atoms with Crippen LogP contribution in [-0.4, -0.2) is 40.2 Å². The smallest absolute Gasteiger partial charge is 0.367 e. The number of nitrogens with zero attached hydrogens (tertiary/aromatic N) is 4. The molecule has 0 bridgehead atoms. The standard InChI is InChI=1S/C28H28F3N5S/c1-3-4-25-34-26(24-13-22(14-28(29,30)31)37-27(24)35-25)33-21-7-9-36(10-8-21)16-20-6-5-19-11-18(15-32)12-23(19)17(20)2/h3-6,12-13,21H,7-11,14,16H2,1-2H3,(H,33,34,35)/b4-3+. The number of halogens is 3. The molecule has 37 heavy (non-hydrogen) atoms. The molecule has 2 aliphatic rings. The molecule has 1 saturated heterocycles. The van der Waals surface area contributed by atoms with E-state index < -0.39 is 12.6 Å². The zero-order chi connectivity index (χ0) is 26.2. The Morgan fingerprint density at radius 3 is 2.73 bits per heavy atom. The Kier molecular flexibility index (Phi) is 7.06. The number of fused-ring (bicyclic) bond motifs is 2. The second-order valence-corrected chi connectivity index (χ2v) is 10.8. The monoisotopic (exact) mass is 523 g/mol. The summed E-state index contributed by atoms with van der Waals surface area (Å²) in [7, 11) is 0. The first kappa shape index (κ1) is 25.4. The quantitative estimate of drug-likeness (QED) is 0.391. The minimum Gasteiger partial charge on any atom is -0.367 e. The average molecular weight is 524 g/mol. The van der Waals surface area contributed by atoms with Gasteiger partial charge >= 0.3 is 6.18 Å². The van der Waals surface area contributed by atoms with Crippen molar-refractivity contribution in [2.24, 2.45) is 0 Å². The van der Waals surface area contributed by atoms with E-state index in [1.165, 1.54) is 22.3 Å². The number of hydrogen-bond acceptors (Lipinski definition) is 6. The molecule has 1 aromatic carbocycles. The first-order chi connectivity index (χ1) is 17.7. The molecule has 0 radical (unpaired) electrons. The van der Waals surface area contributed by atoms with Crippen LogP contribution in [0.5, 0.6) is 0 Å². The van der Waals surface area contributed by atoms with Gasteiger partial charge in [-0.05, 0) is 67.2 Å². The maximum atomic E-state index is 13.0. The Balaban J connectivity index is 1.27. The van der Waals surface area contributed by atoms with E-state index in [1.807, 2.05) is 19.1 Å². The number of hydrogen-bond donors (Lipinski definition) is 1. The van der Waals surface area contributed by atoms with Gasteiger partial charge in [0, 0.05) is 42.5 Å². The van der Waals surface area contributed by atoms with E-state index >= 15 is 0 Å². The molecule has 2 aromatic heterocycles. The van der Waals surface area contributed by atoms with Crippen molar-refractivity contribution in [3.63, 3.8) is 0 Å². The van der Waals surface area contributed by atoms with Crippen molar-refractivity contribution < 1.29 is 13.2 Å². The number of thiophene rings is 1. The van der Waals surface area contributed by atoms with Crippen molar-refractivity contribution in [2.45, 2.75) is 58.3 Å². The topological polar surface area (TPSA) is 64.8 Å². The van der Waals surface area contributed by atoms with Gasteiger partial charge in [-0.2, -0.15) is 18.4 Å². The summed E-state index contributed by atoms with van der Waals surface area (Å²) in [5.41, 5.74) is 5.76. The van der Waals surface area contributed by atoms with E-state index in [0.29, 0.717) is 21.9 Å². The lowest BCUT2D eigenvalue weighted by Gasteiger charge is -2.33. The molecule has 0 amide bonds. The summed E-state index contributed by atoms with van der Waals surface area (Å²) in [4.78, 5) is 12.3. The largest absolute Gasteiger partial charge is 0.393 e. The molecule has 192 valence electrons. The molecule has 0 saturated carbocycles. The fraction of sp³-hybridized carbons (Fsp3) is 0.393. The van der Waals surface area contributed by atoms with E-state index in [-0.39, 0.29) is 10.9 Å². The minimum absolute atomic E-state index is 0.181. The number of likely N-dealkylation sites (tertiary alicyclic amines) is 1. The Morgan fingerprint density at radius 1 is 1.24 bits per heavy atom.